The number of nitrogens with two attached hydrogens (primary N) is 3. The van der Waals surface area contributed by atoms with E-state index in [1.54, 1.807) is 18.2 Å². The number of aliphatic carboxylic acids is 1. The minimum atomic E-state index is -1.30. The Hall–Kier alpha value is -6.24. The van der Waals surface area contributed by atoms with Crippen LogP contribution in [0.15, 0.2) is 102 Å². The largest absolute Gasteiger partial charge is 0.481 e. The van der Waals surface area contributed by atoms with Crippen LogP contribution in [0.5, 0.6) is 0 Å². The second-order valence-corrected chi connectivity index (χ2v) is 11.8. The second-order valence-electron chi connectivity index (χ2n) is 11.8. The lowest BCUT2D eigenvalue weighted by Gasteiger charge is -2.25. The molecule has 0 aliphatic rings. The molecule has 0 saturated heterocycles. The predicted molar refractivity (Wildman–Crippen MR) is 191 cm³/mol. The molecule has 50 heavy (non-hydrogen) atoms. The number of primary amides is 1. The van der Waals surface area contributed by atoms with Crippen molar-refractivity contribution in [2.24, 2.45) is 22.2 Å². The monoisotopic (exact) mass is 679 g/mol. The van der Waals surface area contributed by atoms with Crippen molar-refractivity contribution in [2.45, 2.75) is 50.2 Å². The molecule has 4 rings (SSSR count). The summed E-state index contributed by atoms with van der Waals surface area (Å²) in [5.74, 6) is -4.13. The molecule has 0 aromatic heterocycles. The van der Waals surface area contributed by atoms with Crippen LogP contribution >= 0.6 is 0 Å². The summed E-state index contributed by atoms with van der Waals surface area (Å²) in [5, 5.41) is 19.0. The molecule has 4 amide bonds. The number of fused-ring (bicyclic) bond motifs is 1. The summed E-state index contributed by atoms with van der Waals surface area (Å²) in [5.41, 5.74) is 19.2. The Balaban J connectivity index is 1.56. The molecule has 3 atom stereocenters. The van der Waals surface area contributed by atoms with Gasteiger partial charge in [0.1, 0.15) is 18.1 Å². The summed E-state index contributed by atoms with van der Waals surface area (Å²) < 4.78 is 0. The number of nitrogens with zero attached hydrogens (tertiary/aromatic N) is 1. The van der Waals surface area contributed by atoms with Crippen LogP contribution < -0.4 is 33.2 Å². The first-order valence-corrected chi connectivity index (χ1v) is 16.1. The Kier molecular flexibility index (Phi) is 13.0. The van der Waals surface area contributed by atoms with E-state index in [0.29, 0.717) is 12.0 Å². The molecule has 13 nitrogen and oxygen atoms in total. The molecule has 0 bridgehead atoms. The van der Waals surface area contributed by atoms with Gasteiger partial charge < -0.3 is 38.3 Å². The first-order chi connectivity index (χ1) is 24.0. The fourth-order valence-electron chi connectivity index (χ4n) is 5.35. The van der Waals surface area contributed by atoms with Gasteiger partial charge in [-0.3, -0.25) is 29.0 Å². The van der Waals surface area contributed by atoms with Crippen molar-refractivity contribution in [3.63, 3.8) is 0 Å². The molecule has 0 aliphatic heterocycles. The number of carboxylic acids is 1. The SMILES string of the molecule is NC(=O)[C@H](CCCN=C(N)N)NC(=O)[C@H](Cc1ccc(-c2ccccc2)cc1)NC(=O)[C@H](CCC(=O)O)NC(=O)c1ccc2ccccc2c1. The number of hydrogen-bond donors (Lipinski definition) is 7. The standard InChI is InChI=1S/C37H41N7O6/c38-33(47)29(11-6-20-41-37(39)40)42-36(50)31(21-23-12-14-26(15-13-23)24-7-2-1-3-8-24)44-35(49)30(18-19-32(45)46)43-34(48)28-17-16-25-9-4-5-10-27(25)22-28/h1-5,7-10,12-17,22,29-31H,6,11,18-21H2,(H2,38,47)(H,42,50)(H,43,48)(H,44,49)(H,45,46)(H4,39,40,41)/t29-,30-,31-/m0/s1. The van der Waals surface area contributed by atoms with Crippen molar-refractivity contribution in [1.82, 2.24) is 16.0 Å². The van der Waals surface area contributed by atoms with Crippen LogP contribution in [-0.4, -0.2) is 65.3 Å². The normalized spacial score (nSPS) is 12.6. The van der Waals surface area contributed by atoms with Crippen LogP contribution in [0.4, 0.5) is 0 Å². The summed E-state index contributed by atoms with van der Waals surface area (Å²) in [7, 11) is 0. The zero-order valence-corrected chi connectivity index (χ0v) is 27.4. The molecule has 0 heterocycles. The third-order valence-corrected chi connectivity index (χ3v) is 8.02. The molecule has 0 saturated carbocycles. The Bertz CT molecular complexity index is 1840. The van der Waals surface area contributed by atoms with Gasteiger partial charge in [-0.2, -0.15) is 0 Å². The minimum Gasteiger partial charge on any atom is -0.481 e. The van der Waals surface area contributed by atoms with Crippen molar-refractivity contribution in [3.8, 4) is 11.1 Å². The molecule has 0 unspecified atom stereocenters. The van der Waals surface area contributed by atoms with E-state index < -0.39 is 54.1 Å². The Morgan fingerprint density at radius 2 is 1.28 bits per heavy atom. The molecule has 4 aromatic rings. The maximum Gasteiger partial charge on any atom is 0.303 e. The number of guanidine groups is 1. The molecular weight excluding hydrogens is 638 g/mol. The zero-order chi connectivity index (χ0) is 36.0. The third-order valence-electron chi connectivity index (χ3n) is 8.02. The van der Waals surface area contributed by atoms with Crippen molar-refractivity contribution in [2.75, 3.05) is 6.54 Å². The number of carbonyl (C=O) groups is 5. The number of carbonyl (C=O) groups excluding carboxylic acids is 4. The molecule has 10 N–H and O–H groups in total. The Labute approximate surface area is 289 Å². The molecule has 0 aliphatic carbocycles. The summed E-state index contributed by atoms with van der Waals surface area (Å²) >= 11 is 0. The van der Waals surface area contributed by atoms with Crippen molar-refractivity contribution in [1.29, 1.82) is 0 Å². The predicted octanol–water partition coefficient (Wildman–Crippen LogP) is 2.22. The van der Waals surface area contributed by atoms with E-state index in [9.17, 15) is 29.1 Å². The lowest BCUT2D eigenvalue weighted by Crippen LogP contribution is -2.57. The lowest BCUT2D eigenvalue weighted by molar-refractivity contribution is -0.137. The molecule has 260 valence electrons. The number of amides is 4. The zero-order valence-electron chi connectivity index (χ0n) is 27.4. The number of rotatable bonds is 17. The van der Waals surface area contributed by atoms with Crippen LogP contribution in [0.1, 0.15) is 41.6 Å². The average Bonchev–Trinajstić information content (AvgIpc) is 3.10. The average molecular weight is 680 g/mol. The maximum absolute atomic E-state index is 13.7. The number of nitrogens with one attached hydrogen (secondary N) is 3. The van der Waals surface area contributed by atoms with Gasteiger partial charge in [0.15, 0.2) is 5.96 Å². The van der Waals surface area contributed by atoms with E-state index in [2.05, 4.69) is 20.9 Å². The van der Waals surface area contributed by atoms with Crippen LogP contribution in [-0.2, 0) is 25.6 Å². The minimum absolute atomic E-state index is 0.0103. The number of carboxylic acid groups (broad SMARTS) is 1. The summed E-state index contributed by atoms with van der Waals surface area (Å²) in [6, 6.07) is 26.0. The Morgan fingerprint density at radius 3 is 1.94 bits per heavy atom. The van der Waals surface area contributed by atoms with Gasteiger partial charge in [0.05, 0.1) is 0 Å². The number of aliphatic imine (C=N–C) groups is 1. The van der Waals surface area contributed by atoms with E-state index in [1.165, 1.54) is 0 Å². The summed E-state index contributed by atoms with van der Waals surface area (Å²) in [6.45, 7) is 0.206. The van der Waals surface area contributed by atoms with Gasteiger partial charge in [-0.25, -0.2) is 0 Å². The van der Waals surface area contributed by atoms with Gasteiger partial charge in [-0.15, -0.1) is 0 Å². The number of benzene rings is 4. The van der Waals surface area contributed by atoms with Crippen molar-refractivity contribution >= 4 is 46.3 Å². The molecule has 4 aromatic carbocycles. The first kappa shape index (κ1) is 36.6. The summed E-state index contributed by atoms with van der Waals surface area (Å²) in [4.78, 5) is 68.4. The van der Waals surface area contributed by atoms with Crippen LogP contribution in [0, 0.1) is 0 Å². The fraction of sp³-hybridized carbons (Fsp3) is 0.243. The van der Waals surface area contributed by atoms with Crippen LogP contribution in [0.3, 0.4) is 0 Å². The van der Waals surface area contributed by atoms with Crippen molar-refractivity contribution in [3.05, 3.63) is 108 Å². The van der Waals surface area contributed by atoms with E-state index >= 15 is 0 Å². The van der Waals surface area contributed by atoms with Crippen molar-refractivity contribution < 1.29 is 29.1 Å². The van der Waals surface area contributed by atoms with Gasteiger partial charge in [0.25, 0.3) is 5.91 Å². The van der Waals surface area contributed by atoms with Gasteiger partial charge in [0, 0.05) is 24.9 Å². The van der Waals surface area contributed by atoms with Gasteiger partial charge in [0.2, 0.25) is 17.7 Å². The maximum atomic E-state index is 13.7. The van der Waals surface area contributed by atoms with Crippen LogP contribution in [0.25, 0.3) is 21.9 Å². The smallest absolute Gasteiger partial charge is 0.303 e. The third kappa shape index (κ3) is 10.9. The second kappa shape index (κ2) is 17.8. The Morgan fingerprint density at radius 1 is 0.660 bits per heavy atom. The van der Waals surface area contributed by atoms with E-state index in [-0.39, 0.29) is 37.3 Å². The molecule has 0 fully saturated rings. The van der Waals surface area contributed by atoms with Gasteiger partial charge in [-0.1, -0.05) is 84.9 Å². The topological polar surface area (TPSA) is 232 Å². The highest BCUT2D eigenvalue weighted by Crippen LogP contribution is 2.20. The molecular formula is C37H41N7O6. The van der Waals surface area contributed by atoms with E-state index in [0.717, 1.165) is 21.9 Å². The highest BCUT2D eigenvalue weighted by atomic mass is 16.4. The highest BCUT2D eigenvalue weighted by Gasteiger charge is 2.30. The lowest BCUT2D eigenvalue weighted by atomic mass is 9.99. The quantitative estimate of drug-likeness (QED) is 0.0496. The highest BCUT2D eigenvalue weighted by molar-refractivity contribution is 6.01. The molecule has 0 radical (unpaired) electrons. The van der Waals surface area contributed by atoms with Gasteiger partial charge >= 0.3 is 5.97 Å². The van der Waals surface area contributed by atoms with E-state index in [1.807, 2.05) is 78.9 Å². The molecule has 0 spiro atoms. The fourth-order valence-corrected chi connectivity index (χ4v) is 5.35. The van der Waals surface area contributed by atoms with Crippen LogP contribution in [0.2, 0.25) is 0 Å². The van der Waals surface area contributed by atoms with Gasteiger partial charge in [-0.05, 0) is 58.9 Å². The molecule has 13 heteroatoms. The van der Waals surface area contributed by atoms with E-state index in [4.69, 9.17) is 17.2 Å². The number of hydrogen-bond acceptors (Lipinski definition) is 6. The first-order valence-electron chi connectivity index (χ1n) is 16.1. The summed E-state index contributed by atoms with van der Waals surface area (Å²) in [6.07, 6.45) is -0.186.